The molecule has 1 N–H and O–H groups in total. The molecule has 1 aromatic carbocycles. The fourth-order valence-electron chi connectivity index (χ4n) is 0.970. The lowest BCUT2D eigenvalue weighted by molar-refractivity contribution is 0.604. The lowest BCUT2D eigenvalue weighted by Gasteiger charge is -2.05. The molecule has 0 fully saturated rings. The molecule has 1 rings (SSSR count). The van der Waals surface area contributed by atoms with E-state index in [1.165, 1.54) is 24.3 Å². The molecule has 0 saturated heterocycles. The van der Waals surface area contributed by atoms with Gasteiger partial charge < -0.3 is 0 Å². The van der Waals surface area contributed by atoms with Gasteiger partial charge in [-0.1, -0.05) is 11.6 Å². The molecule has 0 aliphatic rings. The van der Waals surface area contributed by atoms with Gasteiger partial charge in [-0.25, -0.2) is 8.42 Å². The third kappa shape index (κ3) is 3.13. The smallest absolute Gasteiger partial charge is 0.246 e. The van der Waals surface area contributed by atoms with Gasteiger partial charge in [0, 0.05) is 0 Å². The highest BCUT2D eigenvalue weighted by molar-refractivity contribution is 7.92. The Labute approximate surface area is 97.9 Å². The van der Waals surface area contributed by atoms with Gasteiger partial charge >= 0.3 is 0 Å². The molecule has 7 heteroatoms. The SMILES string of the molecule is N#CCS(=O)(=O)Nc1ccc(C#N)c(Cl)c1. The van der Waals surface area contributed by atoms with Crippen LogP contribution in [0.1, 0.15) is 5.56 Å². The van der Waals surface area contributed by atoms with Gasteiger partial charge in [0.25, 0.3) is 0 Å². The Morgan fingerprint density at radius 2 is 2.06 bits per heavy atom. The summed E-state index contributed by atoms with van der Waals surface area (Å²) < 4.78 is 24.6. The molecule has 0 saturated carbocycles. The summed E-state index contributed by atoms with van der Waals surface area (Å²) in [5, 5.41) is 17.0. The minimum absolute atomic E-state index is 0.152. The highest BCUT2D eigenvalue weighted by Crippen LogP contribution is 2.20. The van der Waals surface area contributed by atoms with Crippen LogP contribution in [0.5, 0.6) is 0 Å². The zero-order chi connectivity index (χ0) is 12.2. The van der Waals surface area contributed by atoms with Gasteiger partial charge in [0.05, 0.1) is 22.3 Å². The van der Waals surface area contributed by atoms with E-state index in [0.717, 1.165) is 0 Å². The number of benzene rings is 1. The summed E-state index contributed by atoms with van der Waals surface area (Å²) in [6.45, 7) is 0. The van der Waals surface area contributed by atoms with E-state index in [4.69, 9.17) is 22.1 Å². The molecule has 0 atom stereocenters. The fourth-order valence-corrected chi connectivity index (χ4v) is 1.92. The van der Waals surface area contributed by atoms with Gasteiger partial charge in [-0.2, -0.15) is 10.5 Å². The highest BCUT2D eigenvalue weighted by atomic mass is 35.5. The first kappa shape index (κ1) is 12.3. The fraction of sp³-hybridized carbons (Fsp3) is 0.111. The third-order valence-electron chi connectivity index (χ3n) is 1.62. The van der Waals surface area contributed by atoms with Gasteiger partial charge in [-0.15, -0.1) is 0 Å². The molecule has 0 aliphatic carbocycles. The first-order valence-corrected chi connectivity index (χ1v) is 6.08. The Hall–Kier alpha value is -1.76. The van der Waals surface area contributed by atoms with E-state index in [9.17, 15) is 8.42 Å². The Morgan fingerprint density at radius 1 is 1.38 bits per heavy atom. The van der Waals surface area contributed by atoms with Crippen molar-refractivity contribution in [2.75, 3.05) is 10.5 Å². The summed E-state index contributed by atoms with van der Waals surface area (Å²) in [4.78, 5) is 0. The van der Waals surface area contributed by atoms with Crippen molar-refractivity contribution in [1.29, 1.82) is 10.5 Å². The maximum Gasteiger partial charge on any atom is 0.246 e. The monoisotopic (exact) mass is 255 g/mol. The van der Waals surface area contributed by atoms with Gasteiger partial charge in [0.1, 0.15) is 6.07 Å². The third-order valence-corrected chi connectivity index (χ3v) is 2.99. The van der Waals surface area contributed by atoms with Gasteiger partial charge in [-0.3, -0.25) is 4.72 Å². The summed E-state index contributed by atoms with van der Waals surface area (Å²) >= 11 is 5.71. The lowest BCUT2D eigenvalue weighted by Crippen LogP contribution is -2.15. The first-order valence-electron chi connectivity index (χ1n) is 4.05. The van der Waals surface area contributed by atoms with Crippen LogP contribution in [0.2, 0.25) is 5.02 Å². The predicted molar refractivity (Wildman–Crippen MR) is 59.2 cm³/mol. The van der Waals surface area contributed by atoms with Crippen LogP contribution in [0, 0.1) is 22.7 Å². The van der Waals surface area contributed by atoms with Crippen molar-refractivity contribution in [2.24, 2.45) is 0 Å². The van der Waals surface area contributed by atoms with Gasteiger partial charge in [0.2, 0.25) is 10.0 Å². The number of nitriles is 2. The van der Waals surface area contributed by atoms with E-state index >= 15 is 0 Å². The van der Waals surface area contributed by atoms with Crippen LogP contribution >= 0.6 is 11.6 Å². The Bertz CT molecular complexity index is 584. The van der Waals surface area contributed by atoms with Crippen LogP contribution in [-0.4, -0.2) is 14.2 Å². The summed E-state index contributed by atoms with van der Waals surface area (Å²) in [6.07, 6.45) is 0. The number of sulfonamides is 1. The molecule has 0 unspecified atom stereocenters. The molecule has 0 aromatic heterocycles. The number of anilines is 1. The molecule has 1 aromatic rings. The molecule has 0 aliphatic heterocycles. The van der Waals surface area contributed by atoms with Crippen molar-refractivity contribution in [3.8, 4) is 12.1 Å². The predicted octanol–water partition coefficient (Wildman–Crippen LogP) is 1.48. The number of halogens is 1. The van der Waals surface area contributed by atoms with E-state index in [1.54, 1.807) is 0 Å². The Balaban J connectivity index is 2.98. The standard InChI is InChI=1S/C9H6ClN3O2S/c10-9-5-8(2-1-7(9)6-12)13-16(14,15)4-3-11/h1-2,5,13H,4H2. The van der Waals surface area contributed by atoms with E-state index in [0.29, 0.717) is 0 Å². The maximum absolute atomic E-state index is 11.2. The number of nitrogens with zero attached hydrogens (tertiary/aromatic N) is 2. The molecule has 0 radical (unpaired) electrons. The summed E-state index contributed by atoms with van der Waals surface area (Å²) in [5.74, 6) is -0.634. The molecule has 82 valence electrons. The normalized spacial score (nSPS) is 10.2. The zero-order valence-electron chi connectivity index (χ0n) is 7.94. The molecule has 0 spiro atoms. The topological polar surface area (TPSA) is 93.8 Å². The first-order chi connectivity index (χ1) is 7.48. The van der Waals surface area contributed by atoms with Crippen molar-refractivity contribution in [3.63, 3.8) is 0 Å². The molecule has 0 heterocycles. The quantitative estimate of drug-likeness (QED) is 0.885. The molecular weight excluding hydrogens is 250 g/mol. The van der Waals surface area contributed by atoms with Crippen LogP contribution < -0.4 is 4.72 Å². The van der Waals surface area contributed by atoms with Crippen molar-refractivity contribution >= 4 is 27.3 Å². The molecular formula is C9H6ClN3O2S. The van der Waals surface area contributed by atoms with E-state index in [2.05, 4.69) is 4.72 Å². The van der Waals surface area contributed by atoms with Crippen LogP contribution in [0.4, 0.5) is 5.69 Å². The van der Waals surface area contributed by atoms with Crippen molar-refractivity contribution in [1.82, 2.24) is 0 Å². The van der Waals surface area contributed by atoms with Crippen LogP contribution in [-0.2, 0) is 10.0 Å². The van der Waals surface area contributed by atoms with E-state index < -0.39 is 15.8 Å². The summed E-state index contributed by atoms with van der Waals surface area (Å²) in [6, 6.07) is 7.49. The van der Waals surface area contributed by atoms with Gasteiger partial charge in [0.15, 0.2) is 5.75 Å². The van der Waals surface area contributed by atoms with Crippen LogP contribution in [0.15, 0.2) is 18.2 Å². The van der Waals surface area contributed by atoms with Crippen LogP contribution in [0.25, 0.3) is 0 Å². The van der Waals surface area contributed by atoms with Crippen molar-refractivity contribution in [2.45, 2.75) is 0 Å². The number of nitrogens with one attached hydrogen (secondary N) is 1. The second-order valence-electron chi connectivity index (χ2n) is 2.83. The average Bonchev–Trinajstić information content (AvgIpc) is 2.17. The van der Waals surface area contributed by atoms with Crippen LogP contribution in [0.3, 0.4) is 0 Å². The highest BCUT2D eigenvalue weighted by Gasteiger charge is 2.10. The largest absolute Gasteiger partial charge is 0.283 e. The minimum atomic E-state index is -3.67. The van der Waals surface area contributed by atoms with Gasteiger partial charge in [-0.05, 0) is 18.2 Å². The second kappa shape index (κ2) is 4.84. The molecule has 16 heavy (non-hydrogen) atoms. The number of hydrogen-bond donors (Lipinski definition) is 1. The van der Waals surface area contributed by atoms with E-state index in [1.807, 2.05) is 6.07 Å². The van der Waals surface area contributed by atoms with Crippen molar-refractivity contribution in [3.05, 3.63) is 28.8 Å². The Kier molecular flexibility index (Phi) is 3.73. The number of rotatable bonds is 3. The van der Waals surface area contributed by atoms with E-state index in [-0.39, 0.29) is 16.3 Å². The lowest BCUT2D eigenvalue weighted by atomic mass is 10.2. The maximum atomic E-state index is 11.2. The molecule has 0 bridgehead atoms. The number of hydrogen-bond acceptors (Lipinski definition) is 4. The second-order valence-corrected chi connectivity index (χ2v) is 4.96. The zero-order valence-corrected chi connectivity index (χ0v) is 9.51. The summed E-state index contributed by atoms with van der Waals surface area (Å²) in [7, 11) is -3.67. The Morgan fingerprint density at radius 3 is 2.56 bits per heavy atom. The average molecular weight is 256 g/mol. The molecule has 5 nitrogen and oxygen atoms in total. The minimum Gasteiger partial charge on any atom is -0.283 e. The molecule has 0 amide bonds. The summed E-state index contributed by atoms with van der Waals surface area (Å²) in [5.41, 5.74) is 0.476. The van der Waals surface area contributed by atoms with Crippen molar-refractivity contribution < 1.29 is 8.42 Å².